The van der Waals surface area contributed by atoms with Crippen LogP contribution >= 0.6 is 0 Å². The van der Waals surface area contributed by atoms with E-state index in [1.54, 1.807) is 24.4 Å². The number of hydrogen-bond donors (Lipinski definition) is 2. The van der Waals surface area contributed by atoms with Gasteiger partial charge in [0.05, 0.1) is 0 Å². The Hall–Kier alpha value is -3.37. The fourth-order valence-electron chi connectivity index (χ4n) is 3.73. The number of benzene rings is 1. The van der Waals surface area contributed by atoms with Crippen LogP contribution in [0.3, 0.4) is 0 Å². The van der Waals surface area contributed by atoms with Crippen molar-refractivity contribution in [2.24, 2.45) is 0 Å². The summed E-state index contributed by atoms with van der Waals surface area (Å²) in [6.07, 6.45) is 4.06. The third-order valence-electron chi connectivity index (χ3n) is 5.26. The lowest BCUT2D eigenvalue weighted by atomic mass is 10.0. The van der Waals surface area contributed by atoms with Crippen molar-refractivity contribution >= 4 is 33.7 Å². The predicted molar refractivity (Wildman–Crippen MR) is 119 cm³/mol. The molecule has 9 nitrogen and oxygen atoms in total. The van der Waals surface area contributed by atoms with Gasteiger partial charge in [0, 0.05) is 31.2 Å². The number of aromatic nitrogens is 5. The molecular weight excluding hydrogens is 414 g/mol. The fourth-order valence-corrected chi connectivity index (χ4v) is 4.92. The quantitative estimate of drug-likeness (QED) is 0.494. The molecule has 0 amide bonds. The smallest absolute Gasteiger partial charge is 0.278 e. The Morgan fingerprint density at radius 2 is 2.10 bits per heavy atom. The molecule has 1 unspecified atom stereocenters. The topological polar surface area (TPSA) is 107 Å². The van der Waals surface area contributed by atoms with E-state index in [1.165, 1.54) is 26.1 Å². The zero-order chi connectivity index (χ0) is 21.4. The van der Waals surface area contributed by atoms with Crippen LogP contribution in [0.15, 0.2) is 58.6 Å². The molecule has 3 aromatic heterocycles. The van der Waals surface area contributed by atoms with Crippen molar-refractivity contribution in [2.75, 3.05) is 11.9 Å². The van der Waals surface area contributed by atoms with Gasteiger partial charge in [-0.3, -0.25) is 4.79 Å². The maximum atomic E-state index is 13.2. The average molecular weight is 436 g/mol. The molecule has 0 saturated carbocycles. The van der Waals surface area contributed by atoms with Crippen LogP contribution in [0.25, 0.3) is 11.0 Å². The molecule has 4 heterocycles. The summed E-state index contributed by atoms with van der Waals surface area (Å²) in [5.74, 6) is 0.330. The summed E-state index contributed by atoms with van der Waals surface area (Å²) in [6.45, 7) is 3.97. The van der Waals surface area contributed by atoms with Gasteiger partial charge in [0.2, 0.25) is 5.95 Å². The molecule has 1 aliphatic heterocycles. The maximum absolute atomic E-state index is 13.2. The number of fused-ring (bicyclic) bond motifs is 2. The lowest BCUT2D eigenvalue weighted by molar-refractivity contribution is 0.589. The minimum Gasteiger partial charge on any atom is -0.324 e. The first-order valence-corrected chi connectivity index (χ1v) is 11.2. The molecule has 0 spiro atoms. The number of rotatable bonds is 5. The van der Waals surface area contributed by atoms with Crippen molar-refractivity contribution < 1.29 is 4.21 Å². The van der Waals surface area contributed by atoms with Crippen LogP contribution in [-0.4, -0.2) is 34.5 Å². The maximum Gasteiger partial charge on any atom is 0.278 e. The highest BCUT2D eigenvalue weighted by molar-refractivity contribution is 7.83. The van der Waals surface area contributed by atoms with Crippen LogP contribution in [0.5, 0.6) is 0 Å². The predicted octanol–water partition coefficient (Wildman–Crippen LogP) is 1.97. The summed E-state index contributed by atoms with van der Waals surface area (Å²) in [7, 11) is -1.73. The minimum absolute atomic E-state index is 0.284. The van der Waals surface area contributed by atoms with Gasteiger partial charge in [0.25, 0.3) is 5.56 Å². The third kappa shape index (κ3) is 3.53. The fraction of sp³-hybridized carbons (Fsp3) is 0.238. The second-order valence-electron chi connectivity index (χ2n) is 7.18. The average Bonchev–Trinajstić information content (AvgIpc) is 3.10. The Labute approximate surface area is 180 Å². The molecule has 0 aliphatic carbocycles. The van der Waals surface area contributed by atoms with E-state index in [0.717, 1.165) is 25.2 Å². The number of pyridine rings is 1. The number of anilines is 2. The van der Waals surface area contributed by atoms with Gasteiger partial charge in [-0.2, -0.15) is 9.07 Å². The van der Waals surface area contributed by atoms with Gasteiger partial charge in [0.1, 0.15) is 10.4 Å². The summed E-state index contributed by atoms with van der Waals surface area (Å²) in [5, 5.41) is 7.23. The molecule has 1 aromatic carbocycles. The van der Waals surface area contributed by atoms with Crippen molar-refractivity contribution in [2.45, 2.75) is 31.5 Å². The van der Waals surface area contributed by atoms with E-state index >= 15 is 0 Å². The molecule has 0 bridgehead atoms. The van der Waals surface area contributed by atoms with Gasteiger partial charge >= 0.3 is 0 Å². The first-order valence-electron chi connectivity index (χ1n) is 10.1. The van der Waals surface area contributed by atoms with Crippen LogP contribution in [0.2, 0.25) is 0 Å². The SMILES string of the molecule is CCn1c(=O)c2cnc(Nc3ccc4c(c3)CNCC4)nc2n1S(=O)c1ccccn1. The molecule has 158 valence electrons. The number of hydrogen-bond acceptors (Lipinski definition) is 7. The lowest BCUT2D eigenvalue weighted by Crippen LogP contribution is -2.24. The first-order chi connectivity index (χ1) is 15.2. The molecular formula is C21H21N7O2S. The van der Waals surface area contributed by atoms with Gasteiger partial charge in [-0.05, 0) is 55.3 Å². The molecule has 0 radical (unpaired) electrons. The Morgan fingerprint density at radius 3 is 2.90 bits per heavy atom. The summed E-state index contributed by atoms with van der Waals surface area (Å²) in [5.41, 5.74) is 3.44. The Balaban J connectivity index is 1.57. The Bertz CT molecular complexity index is 1350. The molecule has 4 aromatic rings. The van der Waals surface area contributed by atoms with Gasteiger partial charge in [-0.1, -0.05) is 12.1 Å². The molecule has 5 rings (SSSR count). The normalized spacial score (nSPS) is 14.4. The Morgan fingerprint density at radius 1 is 1.19 bits per heavy atom. The summed E-state index contributed by atoms with van der Waals surface area (Å²) in [6, 6.07) is 11.3. The number of nitrogens with one attached hydrogen (secondary N) is 2. The van der Waals surface area contributed by atoms with Crippen molar-refractivity contribution in [3.63, 3.8) is 0 Å². The summed E-state index contributed by atoms with van der Waals surface area (Å²) < 4.78 is 16.0. The van der Waals surface area contributed by atoms with E-state index in [0.29, 0.717) is 28.6 Å². The van der Waals surface area contributed by atoms with Crippen molar-refractivity contribution in [1.29, 1.82) is 0 Å². The van der Waals surface area contributed by atoms with Crippen LogP contribution in [0.1, 0.15) is 18.1 Å². The minimum atomic E-state index is -1.73. The summed E-state index contributed by atoms with van der Waals surface area (Å²) in [4.78, 5) is 25.9. The largest absolute Gasteiger partial charge is 0.324 e. The van der Waals surface area contributed by atoms with Crippen molar-refractivity contribution in [3.05, 3.63) is 70.3 Å². The highest BCUT2D eigenvalue weighted by Gasteiger charge is 2.21. The summed E-state index contributed by atoms with van der Waals surface area (Å²) >= 11 is 0. The zero-order valence-electron chi connectivity index (χ0n) is 16.9. The molecule has 0 saturated heterocycles. The third-order valence-corrected chi connectivity index (χ3v) is 6.54. The number of nitrogens with zero attached hydrogens (tertiary/aromatic N) is 5. The van der Waals surface area contributed by atoms with E-state index in [2.05, 4.69) is 37.7 Å². The van der Waals surface area contributed by atoms with E-state index < -0.39 is 11.0 Å². The monoisotopic (exact) mass is 435 g/mol. The van der Waals surface area contributed by atoms with Gasteiger partial charge in [0.15, 0.2) is 16.6 Å². The van der Waals surface area contributed by atoms with Crippen LogP contribution < -0.4 is 16.2 Å². The molecule has 1 aliphatic rings. The molecule has 0 fully saturated rings. The van der Waals surface area contributed by atoms with Crippen molar-refractivity contribution in [1.82, 2.24) is 29.0 Å². The van der Waals surface area contributed by atoms with Crippen LogP contribution in [0, 0.1) is 0 Å². The molecule has 2 N–H and O–H groups in total. The molecule has 10 heteroatoms. The highest BCUT2D eigenvalue weighted by atomic mass is 32.2. The zero-order valence-corrected chi connectivity index (χ0v) is 17.7. The van der Waals surface area contributed by atoms with E-state index in [-0.39, 0.29) is 5.56 Å². The van der Waals surface area contributed by atoms with Gasteiger partial charge < -0.3 is 10.6 Å². The van der Waals surface area contributed by atoms with Crippen molar-refractivity contribution in [3.8, 4) is 0 Å². The molecule has 1 atom stereocenters. The van der Waals surface area contributed by atoms with Gasteiger partial charge in [-0.15, -0.1) is 0 Å². The van der Waals surface area contributed by atoms with Gasteiger partial charge in [-0.25, -0.2) is 18.9 Å². The standard InChI is InChI=1S/C21H21N7O2S/c1-2-27-20(29)17-13-24-21(25-16-7-6-14-8-10-22-12-15(14)11-16)26-19(17)28(27)31(30)18-5-3-4-9-23-18/h3-7,9,11,13,22H,2,8,10,12H2,1H3,(H,24,25,26). The van der Waals surface area contributed by atoms with E-state index in [1.807, 2.05) is 13.0 Å². The van der Waals surface area contributed by atoms with E-state index in [9.17, 15) is 9.00 Å². The Kier molecular flexibility index (Phi) is 5.08. The highest BCUT2D eigenvalue weighted by Crippen LogP contribution is 2.22. The van der Waals surface area contributed by atoms with E-state index in [4.69, 9.17) is 0 Å². The van der Waals surface area contributed by atoms with Crippen LogP contribution in [0.4, 0.5) is 11.6 Å². The second kappa shape index (κ2) is 8.05. The lowest BCUT2D eigenvalue weighted by Gasteiger charge is -2.18. The second-order valence-corrected chi connectivity index (χ2v) is 8.44. The first kappa shape index (κ1) is 19.6. The molecule has 31 heavy (non-hydrogen) atoms. The van der Waals surface area contributed by atoms with Crippen LogP contribution in [-0.2, 0) is 30.5 Å².